The van der Waals surface area contributed by atoms with Gasteiger partial charge in [-0.25, -0.2) is 0 Å². The zero-order chi connectivity index (χ0) is 15.9. The van der Waals surface area contributed by atoms with Crippen LogP contribution in [0, 0.1) is 0 Å². The molecule has 1 aromatic heterocycles. The SMILES string of the molecule is OC(COc1ccccc1)CSc1nnnn1-c1ccccc1. The summed E-state index contributed by atoms with van der Waals surface area (Å²) >= 11 is 1.39. The number of aliphatic hydroxyl groups is 1. The maximum absolute atomic E-state index is 10.0. The van der Waals surface area contributed by atoms with Gasteiger partial charge in [-0.2, -0.15) is 4.68 Å². The standard InChI is InChI=1S/C16H16N4O2S/c21-14(11-22-15-9-5-2-6-10-15)12-23-16-17-18-19-20(16)13-7-3-1-4-8-13/h1-10,14,21H,11-12H2. The van der Waals surface area contributed by atoms with Gasteiger partial charge < -0.3 is 9.84 Å². The maximum Gasteiger partial charge on any atom is 0.214 e. The van der Waals surface area contributed by atoms with Crippen LogP contribution in [-0.2, 0) is 0 Å². The van der Waals surface area contributed by atoms with Crippen LogP contribution in [0.25, 0.3) is 5.69 Å². The first-order valence-electron chi connectivity index (χ1n) is 7.15. The lowest BCUT2D eigenvalue weighted by Crippen LogP contribution is -2.20. The number of ether oxygens (including phenoxy) is 1. The molecule has 0 fully saturated rings. The number of rotatable bonds is 7. The molecule has 0 bridgehead atoms. The Morgan fingerprint density at radius 2 is 1.74 bits per heavy atom. The molecule has 1 unspecified atom stereocenters. The highest BCUT2D eigenvalue weighted by molar-refractivity contribution is 7.99. The fourth-order valence-electron chi connectivity index (χ4n) is 1.93. The first-order chi connectivity index (χ1) is 11.3. The monoisotopic (exact) mass is 328 g/mol. The van der Waals surface area contributed by atoms with E-state index >= 15 is 0 Å². The minimum Gasteiger partial charge on any atom is -0.491 e. The fourth-order valence-corrected chi connectivity index (χ4v) is 2.72. The summed E-state index contributed by atoms with van der Waals surface area (Å²) in [5.74, 6) is 1.19. The minimum atomic E-state index is -0.610. The van der Waals surface area contributed by atoms with Crippen molar-refractivity contribution < 1.29 is 9.84 Å². The van der Waals surface area contributed by atoms with Gasteiger partial charge in [0.2, 0.25) is 5.16 Å². The molecular weight excluding hydrogens is 312 g/mol. The Morgan fingerprint density at radius 1 is 1.04 bits per heavy atom. The van der Waals surface area contributed by atoms with Crippen LogP contribution in [0.2, 0.25) is 0 Å². The summed E-state index contributed by atoms with van der Waals surface area (Å²) < 4.78 is 7.18. The quantitative estimate of drug-likeness (QED) is 0.670. The molecule has 0 spiro atoms. The number of aromatic nitrogens is 4. The molecule has 6 nitrogen and oxygen atoms in total. The van der Waals surface area contributed by atoms with Crippen molar-refractivity contribution in [2.24, 2.45) is 0 Å². The van der Waals surface area contributed by atoms with Gasteiger partial charge in [-0.05, 0) is 34.7 Å². The van der Waals surface area contributed by atoms with Crippen molar-refractivity contribution in [2.75, 3.05) is 12.4 Å². The zero-order valence-corrected chi connectivity index (χ0v) is 13.1. The molecule has 0 aliphatic carbocycles. The third-order valence-electron chi connectivity index (χ3n) is 3.03. The molecule has 1 heterocycles. The van der Waals surface area contributed by atoms with E-state index in [1.54, 1.807) is 4.68 Å². The third kappa shape index (κ3) is 4.30. The van der Waals surface area contributed by atoms with E-state index in [1.807, 2.05) is 60.7 Å². The van der Waals surface area contributed by atoms with Crippen molar-refractivity contribution in [3.8, 4) is 11.4 Å². The fraction of sp³-hybridized carbons (Fsp3) is 0.188. The average Bonchev–Trinajstić information content (AvgIpc) is 3.08. The number of benzene rings is 2. The molecule has 3 aromatic rings. The first-order valence-corrected chi connectivity index (χ1v) is 8.14. The predicted molar refractivity (Wildman–Crippen MR) is 87.8 cm³/mol. The summed E-state index contributed by atoms with van der Waals surface area (Å²) in [6.07, 6.45) is -0.610. The lowest BCUT2D eigenvalue weighted by molar-refractivity contribution is 0.126. The molecule has 0 aliphatic rings. The van der Waals surface area contributed by atoms with Crippen LogP contribution in [0.15, 0.2) is 65.8 Å². The highest BCUT2D eigenvalue weighted by Crippen LogP contribution is 2.19. The Labute approximate surface area is 138 Å². The van der Waals surface area contributed by atoms with Gasteiger partial charge in [-0.3, -0.25) is 0 Å². The van der Waals surface area contributed by atoms with E-state index in [0.717, 1.165) is 11.4 Å². The highest BCUT2D eigenvalue weighted by Gasteiger charge is 2.12. The summed E-state index contributed by atoms with van der Waals surface area (Å²) in [7, 11) is 0. The summed E-state index contributed by atoms with van der Waals surface area (Å²) in [5, 5.41) is 22.4. The van der Waals surface area contributed by atoms with Crippen molar-refractivity contribution in [3.63, 3.8) is 0 Å². The first kappa shape index (κ1) is 15.5. The van der Waals surface area contributed by atoms with Crippen molar-refractivity contribution in [2.45, 2.75) is 11.3 Å². The number of thioether (sulfide) groups is 1. The van der Waals surface area contributed by atoms with Gasteiger partial charge in [0, 0.05) is 5.75 Å². The Hall–Kier alpha value is -2.38. The Balaban J connectivity index is 1.54. The summed E-state index contributed by atoms with van der Waals surface area (Å²) in [6.45, 7) is 0.226. The highest BCUT2D eigenvalue weighted by atomic mass is 32.2. The van der Waals surface area contributed by atoms with E-state index in [9.17, 15) is 5.11 Å². The zero-order valence-electron chi connectivity index (χ0n) is 12.3. The second kappa shape index (κ2) is 7.75. The molecule has 118 valence electrons. The van der Waals surface area contributed by atoms with Crippen molar-refractivity contribution >= 4 is 11.8 Å². The number of tetrazole rings is 1. The van der Waals surface area contributed by atoms with Crippen LogP contribution >= 0.6 is 11.8 Å². The van der Waals surface area contributed by atoms with E-state index < -0.39 is 6.10 Å². The minimum absolute atomic E-state index is 0.226. The van der Waals surface area contributed by atoms with Crippen molar-refractivity contribution in [3.05, 3.63) is 60.7 Å². The Kier molecular flexibility index (Phi) is 5.23. The van der Waals surface area contributed by atoms with Gasteiger partial charge in [-0.15, -0.1) is 5.10 Å². The molecule has 7 heteroatoms. The molecule has 23 heavy (non-hydrogen) atoms. The van der Waals surface area contributed by atoms with E-state index in [2.05, 4.69) is 15.5 Å². The van der Waals surface area contributed by atoms with Crippen molar-refractivity contribution in [1.82, 2.24) is 20.2 Å². The van der Waals surface area contributed by atoms with E-state index in [-0.39, 0.29) is 6.61 Å². The van der Waals surface area contributed by atoms with Gasteiger partial charge in [0.15, 0.2) is 0 Å². The lowest BCUT2D eigenvalue weighted by atomic mass is 10.3. The summed E-state index contributed by atoms with van der Waals surface area (Å²) in [6, 6.07) is 19.1. The second-order valence-corrected chi connectivity index (χ2v) is 5.78. The summed E-state index contributed by atoms with van der Waals surface area (Å²) in [5.41, 5.74) is 0.884. The van der Waals surface area contributed by atoms with Crippen LogP contribution in [0.4, 0.5) is 0 Å². The van der Waals surface area contributed by atoms with Gasteiger partial charge in [0.25, 0.3) is 0 Å². The van der Waals surface area contributed by atoms with Gasteiger partial charge in [0.05, 0.1) is 11.8 Å². The summed E-state index contributed by atoms with van der Waals surface area (Å²) in [4.78, 5) is 0. The molecule has 1 N–H and O–H groups in total. The maximum atomic E-state index is 10.0. The molecule has 0 radical (unpaired) electrons. The molecule has 0 saturated carbocycles. The van der Waals surface area contributed by atoms with E-state index in [1.165, 1.54) is 11.8 Å². The third-order valence-corrected chi connectivity index (χ3v) is 4.10. The van der Waals surface area contributed by atoms with Crippen LogP contribution < -0.4 is 4.74 Å². The van der Waals surface area contributed by atoms with Gasteiger partial charge in [-0.1, -0.05) is 48.2 Å². The number of hydrogen-bond acceptors (Lipinski definition) is 6. The van der Waals surface area contributed by atoms with Crippen molar-refractivity contribution in [1.29, 1.82) is 0 Å². The molecule has 2 aromatic carbocycles. The van der Waals surface area contributed by atoms with Crippen LogP contribution in [0.3, 0.4) is 0 Å². The van der Waals surface area contributed by atoms with Crippen LogP contribution in [-0.4, -0.2) is 43.8 Å². The largest absolute Gasteiger partial charge is 0.491 e. The second-order valence-electron chi connectivity index (χ2n) is 4.80. The average molecular weight is 328 g/mol. The molecular formula is C16H16N4O2S. The Morgan fingerprint density at radius 3 is 2.48 bits per heavy atom. The van der Waals surface area contributed by atoms with Gasteiger partial charge in [0.1, 0.15) is 12.4 Å². The number of hydrogen-bond donors (Lipinski definition) is 1. The normalized spacial score (nSPS) is 12.0. The van der Waals surface area contributed by atoms with E-state index in [4.69, 9.17) is 4.74 Å². The topological polar surface area (TPSA) is 73.1 Å². The molecule has 0 aliphatic heterocycles. The lowest BCUT2D eigenvalue weighted by Gasteiger charge is -2.11. The molecule has 0 saturated heterocycles. The van der Waals surface area contributed by atoms with Crippen LogP contribution in [0.5, 0.6) is 5.75 Å². The molecule has 3 rings (SSSR count). The number of aliphatic hydroxyl groups excluding tert-OH is 1. The van der Waals surface area contributed by atoms with Gasteiger partial charge >= 0.3 is 0 Å². The van der Waals surface area contributed by atoms with E-state index in [0.29, 0.717) is 10.9 Å². The number of nitrogens with zero attached hydrogens (tertiary/aromatic N) is 4. The molecule has 1 atom stereocenters. The molecule has 0 amide bonds. The predicted octanol–water partition coefficient (Wildman–Crippen LogP) is 2.19. The Bertz CT molecular complexity index is 721. The number of para-hydroxylation sites is 2. The van der Waals surface area contributed by atoms with Crippen LogP contribution in [0.1, 0.15) is 0 Å². The smallest absolute Gasteiger partial charge is 0.214 e.